The maximum absolute atomic E-state index is 11.1. The van der Waals surface area contributed by atoms with Gasteiger partial charge in [-0.05, 0) is 20.3 Å². The van der Waals surface area contributed by atoms with Crippen LogP contribution < -0.4 is 0 Å². The van der Waals surface area contributed by atoms with Crippen molar-refractivity contribution in [3.05, 3.63) is 0 Å². The number of carbonyl (C=O) groups is 3. The van der Waals surface area contributed by atoms with Crippen LogP contribution in [0.5, 0.6) is 0 Å². The van der Waals surface area contributed by atoms with Gasteiger partial charge < -0.3 is 9.84 Å². The molecule has 0 aromatic carbocycles. The van der Waals surface area contributed by atoms with Gasteiger partial charge in [-0.3, -0.25) is 14.4 Å². The Hall–Kier alpha value is -1.39. The third-order valence-corrected chi connectivity index (χ3v) is 2.03. The molecule has 5 heteroatoms. The summed E-state index contributed by atoms with van der Waals surface area (Å²) in [6.07, 6.45) is -0.472. The molecule has 0 aromatic rings. The summed E-state index contributed by atoms with van der Waals surface area (Å²) >= 11 is 0. The lowest BCUT2D eigenvalue weighted by Crippen LogP contribution is -2.27. The molecule has 0 aliphatic rings. The molecule has 0 fully saturated rings. The normalized spacial score (nSPS) is 14.1. The van der Waals surface area contributed by atoms with Crippen LogP contribution in [0.1, 0.15) is 26.7 Å². The maximum atomic E-state index is 11.1. The lowest BCUT2D eigenvalue weighted by atomic mass is 9.94. The molecule has 0 radical (unpaired) electrons. The second-order valence-electron chi connectivity index (χ2n) is 3.09. The SMILES string of the molecule is CC(=O)C(CCC(=O)O)C(C)OC=O. The van der Waals surface area contributed by atoms with E-state index in [0.29, 0.717) is 0 Å². The molecule has 1 N–H and O–H groups in total. The Morgan fingerprint density at radius 3 is 2.43 bits per heavy atom. The van der Waals surface area contributed by atoms with Gasteiger partial charge in [0.25, 0.3) is 6.47 Å². The van der Waals surface area contributed by atoms with E-state index in [1.165, 1.54) is 6.92 Å². The number of carboxylic acid groups (broad SMARTS) is 1. The number of hydrogen-bond acceptors (Lipinski definition) is 4. The minimum Gasteiger partial charge on any atom is -0.481 e. The van der Waals surface area contributed by atoms with Crippen molar-refractivity contribution in [2.24, 2.45) is 5.92 Å². The molecule has 0 saturated heterocycles. The van der Waals surface area contributed by atoms with E-state index in [9.17, 15) is 14.4 Å². The molecule has 0 saturated carbocycles. The van der Waals surface area contributed by atoms with Gasteiger partial charge in [-0.15, -0.1) is 0 Å². The van der Waals surface area contributed by atoms with E-state index >= 15 is 0 Å². The Bertz CT molecular complexity index is 223. The fraction of sp³-hybridized carbons (Fsp3) is 0.667. The number of ether oxygens (including phenoxy) is 1. The zero-order valence-corrected chi connectivity index (χ0v) is 8.23. The van der Waals surface area contributed by atoms with Crippen molar-refractivity contribution in [3.63, 3.8) is 0 Å². The molecular formula is C9H14O5. The first-order valence-electron chi connectivity index (χ1n) is 4.30. The Morgan fingerprint density at radius 1 is 1.50 bits per heavy atom. The number of rotatable bonds is 7. The summed E-state index contributed by atoms with van der Waals surface area (Å²) in [5, 5.41) is 8.43. The van der Waals surface area contributed by atoms with Gasteiger partial charge >= 0.3 is 5.97 Å². The van der Waals surface area contributed by atoms with Crippen LogP contribution in [0.3, 0.4) is 0 Å². The van der Waals surface area contributed by atoms with Gasteiger partial charge in [0.05, 0.1) is 5.92 Å². The van der Waals surface area contributed by atoms with E-state index in [2.05, 4.69) is 4.74 Å². The predicted octanol–water partition coefficient (Wildman–Crippen LogP) is 0.618. The van der Waals surface area contributed by atoms with Crippen LogP contribution in [0.15, 0.2) is 0 Å². The van der Waals surface area contributed by atoms with E-state index in [1.54, 1.807) is 6.92 Å². The topological polar surface area (TPSA) is 80.7 Å². The molecule has 0 amide bonds. The second kappa shape index (κ2) is 6.12. The van der Waals surface area contributed by atoms with Crippen molar-refractivity contribution in [1.29, 1.82) is 0 Å². The first-order valence-corrected chi connectivity index (χ1v) is 4.30. The van der Waals surface area contributed by atoms with E-state index < -0.39 is 18.0 Å². The van der Waals surface area contributed by atoms with E-state index in [4.69, 9.17) is 5.11 Å². The van der Waals surface area contributed by atoms with Crippen LogP contribution in [0.2, 0.25) is 0 Å². The summed E-state index contributed by atoms with van der Waals surface area (Å²) in [6.45, 7) is 3.20. The Labute approximate surface area is 82.1 Å². The molecule has 0 aromatic heterocycles. The average molecular weight is 202 g/mol. The molecule has 0 spiro atoms. The molecule has 0 aliphatic heterocycles. The van der Waals surface area contributed by atoms with Gasteiger partial charge in [0.2, 0.25) is 0 Å². The molecule has 0 heterocycles. The van der Waals surface area contributed by atoms with E-state index in [1.807, 2.05) is 0 Å². The summed E-state index contributed by atoms with van der Waals surface area (Å²) in [5.74, 6) is -1.66. The third-order valence-electron chi connectivity index (χ3n) is 2.03. The second-order valence-corrected chi connectivity index (χ2v) is 3.09. The van der Waals surface area contributed by atoms with Crippen LogP contribution in [-0.4, -0.2) is 29.4 Å². The van der Waals surface area contributed by atoms with Crippen molar-refractivity contribution in [1.82, 2.24) is 0 Å². The fourth-order valence-corrected chi connectivity index (χ4v) is 1.23. The Morgan fingerprint density at radius 2 is 2.07 bits per heavy atom. The van der Waals surface area contributed by atoms with Gasteiger partial charge in [-0.2, -0.15) is 0 Å². The number of aliphatic carboxylic acids is 1. The van der Waals surface area contributed by atoms with Crippen LogP contribution >= 0.6 is 0 Å². The molecule has 80 valence electrons. The highest BCUT2D eigenvalue weighted by atomic mass is 16.5. The number of Topliss-reactive ketones (excluding diaryl/α,β-unsaturated/α-hetero) is 1. The molecular weight excluding hydrogens is 188 g/mol. The summed E-state index contributed by atoms with van der Waals surface area (Å²) in [4.78, 5) is 31.4. The van der Waals surface area contributed by atoms with Gasteiger partial charge in [-0.25, -0.2) is 0 Å². The predicted molar refractivity (Wildman–Crippen MR) is 47.7 cm³/mol. The quantitative estimate of drug-likeness (QED) is 0.612. The number of hydrogen-bond donors (Lipinski definition) is 1. The van der Waals surface area contributed by atoms with Crippen molar-refractivity contribution in [2.75, 3.05) is 0 Å². The molecule has 14 heavy (non-hydrogen) atoms. The van der Waals surface area contributed by atoms with Crippen molar-refractivity contribution >= 4 is 18.2 Å². The van der Waals surface area contributed by atoms with Crippen molar-refractivity contribution in [3.8, 4) is 0 Å². The number of ketones is 1. The van der Waals surface area contributed by atoms with E-state index in [-0.39, 0.29) is 25.1 Å². The zero-order valence-electron chi connectivity index (χ0n) is 8.23. The van der Waals surface area contributed by atoms with Crippen molar-refractivity contribution in [2.45, 2.75) is 32.8 Å². The minimum absolute atomic E-state index is 0.100. The molecule has 5 nitrogen and oxygen atoms in total. The van der Waals surface area contributed by atoms with Crippen molar-refractivity contribution < 1.29 is 24.2 Å². The number of carbonyl (C=O) groups excluding carboxylic acids is 2. The summed E-state index contributed by atoms with van der Waals surface area (Å²) < 4.78 is 4.60. The number of carboxylic acids is 1. The molecule has 2 unspecified atom stereocenters. The minimum atomic E-state index is -0.963. The highest BCUT2D eigenvalue weighted by Gasteiger charge is 2.23. The average Bonchev–Trinajstić information content (AvgIpc) is 2.03. The first kappa shape index (κ1) is 12.6. The summed E-state index contributed by atoms with van der Waals surface area (Å²) in [6, 6.07) is 0. The first-order chi connectivity index (χ1) is 6.49. The van der Waals surface area contributed by atoms with Gasteiger partial charge in [0, 0.05) is 6.42 Å². The molecule has 0 aliphatic carbocycles. The summed E-state index contributed by atoms with van der Waals surface area (Å²) in [5.41, 5.74) is 0. The van der Waals surface area contributed by atoms with Crippen LogP contribution in [0, 0.1) is 5.92 Å². The molecule has 2 atom stereocenters. The highest BCUT2D eigenvalue weighted by molar-refractivity contribution is 5.79. The van der Waals surface area contributed by atoms with Crippen LogP contribution in [0.25, 0.3) is 0 Å². The maximum Gasteiger partial charge on any atom is 0.303 e. The molecule has 0 rings (SSSR count). The molecule has 0 bridgehead atoms. The standard InChI is InChI=1S/C9H14O5/c1-6(11)8(3-4-9(12)13)7(2)14-5-10/h5,7-8H,3-4H2,1-2H3,(H,12,13). The van der Waals surface area contributed by atoms with E-state index in [0.717, 1.165) is 0 Å². The van der Waals surface area contributed by atoms with Crippen LogP contribution in [-0.2, 0) is 19.1 Å². The Balaban J connectivity index is 4.20. The van der Waals surface area contributed by atoms with Gasteiger partial charge in [-0.1, -0.05) is 0 Å². The Kier molecular flexibility index (Phi) is 5.52. The third kappa shape index (κ3) is 4.59. The zero-order chi connectivity index (χ0) is 11.1. The monoisotopic (exact) mass is 202 g/mol. The van der Waals surface area contributed by atoms with Gasteiger partial charge in [0.1, 0.15) is 11.9 Å². The largest absolute Gasteiger partial charge is 0.481 e. The smallest absolute Gasteiger partial charge is 0.303 e. The van der Waals surface area contributed by atoms with Crippen LogP contribution in [0.4, 0.5) is 0 Å². The van der Waals surface area contributed by atoms with Gasteiger partial charge in [0.15, 0.2) is 0 Å². The lowest BCUT2D eigenvalue weighted by molar-refractivity contribution is -0.140. The lowest BCUT2D eigenvalue weighted by Gasteiger charge is -2.18. The summed E-state index contributed by atoms with van der Waals surface area (Å²) in [7, 11) is 0. The fourth-order valence-electron chi connectivity index (χ4n) is 1.23. The highest BCUT2D eigenvalue weighted by Crippen LogP contribution is 2.15.